The van der Waals surface area contributed by atoms with Crippen LogP contribution in [0.3, 0.4) is 0 Å². The number of rotatable bonds is 0. The van der Waals surface area contributed by atoms with Crippen LogP contribution in [0.4, 0.5) is 0 Å². The molecule has 1 saturated heterocycles. The lowest BCUT2D eigenvalue weighted by molar-refractivity contribution is 0.188. The molecule has 0 bridgehead atoms. The van der Waals surface area contributed by atoms with Crippen molar-refractivity contribution >= 4 is 0 Å². The monoisotopic (exact) mass is 126 g/mol. The zero-order valence-electron chi connectivity index (χ0n) is 5.93. The number of nitrogens with two attached hydrogens (primary N) is 1. The van der Waals surface area contributed by atoms with Crippen molar-refractivity contribution < 1.29 is 0 Å². The fraction of sp³-hybridized carbons (Fsp3) is 1.00. The molecule has 2 rings (SSSR count). The minimum atomic E-state index is 0.231. The van der Waals surface area contributed by atoms with Crippen LogP contribution in [0.2, 0.25) is 0 Å². The van der Waals surface area contributed by atoms with Crippen LogP contribution in [0.25, 0.3) is 0 Å². The van der Waals surface area contributed by atoms with Crippen molar-refractivity contribution in [2.45, 2.75) is 18.4 Å². The highest BCUT2D eigenvalue weighted by Gasteiger charge is 2.48. The van der Waals surface area contributed by atoms with Crippen LogP contribution in [0.5, 0.6) is 0 Å². The number of fused-ring (bicyclic) bond motifs is 1. The van der Waals surface area contributed by atoms with Gasteiger partial charge in [-0.1, -0.05) is 0 Å². The first-order valence-corrected chi connectivity index (χ1v) is 3.68. The van der Waals surface area contributed by atoms with Crippen molar-refractivity contribution in [1.29, 1.82) is 0 Å². The molecule has 52 valence electrons. The molecule has 0 spiro atoms. The normalized spacial score (nSPS) is 50.7. The Morgan fingerprint density at radius 2 is 2.44 bits per heavy atom. The van der Waals surface area contributed by atoms with E-state index in [1.807, 2.05) is 0 Å². The first kappa shape index (κ1) is 5.69. The second kappa shape index (κ2) is 1.50. The minimum absolute atomic E-state index is 0.231. The van der Waals surface area contributed by atoms with Gasteiger partial charge in [0.2, 0.25) is 0 Å². The van der Waals surface area contributed by atoms with Crippen LogP contribution in [0.1, 0.15) is 12.8 Å². The summed E-state index contributed by atoms with van der Waals surface area (Å²) >= 11 is 0. The Hall–Kier alpha value is -0.0800. The molecule has 0 aromatic carbocycles. The molecule has 9 heavy (non-hydrogen) atoms. The number of nitrogens with zero attached hydrogens (tertiary/aromatic N) is 1. The van der Waals surface area contributed by atoms with Crippen molar-refractivity contribution in [3.05, 3.63) is 0 Å². The Morgan fingerprint density at radius 1 is 1.67 bits per heavy atom. The van der Waals surface area contributed by atoms with E-state index in [1.165, 1.54) is 19.4 Å². The standard InChI is InChI=1S/C7H14N2/c1-9-4-6-2-3-7(6,8)5-9/h6H,2-5,8H2,1H3/t6?,7-/m0/s1. The summed E-state index contributed by atoms with van der Waals surface area (Å²) in [7, 11) is 2.16. The zero-order chi connectivity index (χ0) is 6.48. The minimum Gasteiger partial charge on any atom is -0.324 e. The van der Waals surface area contributed by atoms with E-state index in [0.717, 1.165) is 12.5 Å². The fourth-order valence-corrected chi connectivity index (χ4v) is 2.14. The maximum Gasteiger partial charge on any atom is 0.0324 e. The van der Waals surface area contributed by atoms with Crippen LogP contribution in [-0.4, -0.2) is 30.6 Å². The van der Waals surface area contributed by atoms with Crippen LogP contribution >= 0.6 is 0 Å². The van der Waals surface area contributed by atoms with Gasteiger partial charge in [0.05, 0.1) is 0 Å². The molecular formula is C7H14N2. The summed E-state index contributed by atoms with van der Waals surface area (Å²) in [5.74, 6) is 0.822. The highest BCUT2D eigenvalue weighted by atomic mass is 15.2. The van der Waals surface area contributed by atoms with E-state index in [-0.39, 0.29) is 5.54 Å². The van der Waals surface area contributed by atoms with Crippen LogP contribution in [-0.2, 0) is 0 Å². The molecule has 0 amide bonds. The van der Waals surface area contributed by atoms with Crippen LogP contribution in [0.15, 0.2) is 0 Å². The lowest BCUT2D eigenvalue weighted by Gasteiger charge is -2.40. The van der Waals surface area contributed by atoms with Gasteiger partial charge in [-0.25, -0.2) is 0 Å². The second-order valence-electron chi connectivity index (χ2n) is 3.67. The number of likely N-dealkylation sites (N-methyl/N-ethyl adjacent to an activating group) is 1. The summed E-state index contributed by atoms with van der Waals surface area (Å²) in [6, 6.07) is 0. The fourth-order valence-electron chi connectivity index (χ4n) is 2.14. The topological polar surface area (TPSA) is 29.3 Å². The SMILES string of the molecule is CN1CC2CC[C@]2(N)C1. The molecule has 2 atom stereocenters. The molecule has 2 fully saturated rings. The van der Waals surface area contributed by atoms with Gasteiger partial charge >= 0.3 is 0 Å². The number of hydrogen-bond donors (Lipinski definition) is 1. The third-order valence-electron chi connectivity index (χ3n) is 2.87. The van der Waals surface area contributed by atoms with Gasteiger partial charge in [-0.2, -0.15) is 0 Å². The Bertz CT molecular complexity index is 135. The highest BCUT2D eigenvalue weighted by molar-refractivity contribution is 5.07. The second-order valence-corrected chi connectivity index (χ2v) is 3.67. The van der Waals surface area contributed by atoms with Gasteiger partial charge in [-0.3, -0.25) is 0 Å². The summed E-state index contributed by atoms with van der Waals surface area (Å²) in [6.45, 7) is 2.36. The first-order chi connectivity index (χ1) is 4.21. The van der Waals surface area contributed by atoms with E-state index in [9.17, 15) is 0 Å². The van der Waals surface area contributed by atoms with Gasteiger partial charge in [0.25, 0.3) is 0 Å². The molecule has 0 aromatic heterocycles. The largest absolute Gasteiger partial charge is 0.324 e. The Balaban J connectivity index is 2.12. The van der Waals surface area contributed by atoms with Gasteiger partial charge < -0.3 is 10.6 Å². The van der Waals surface area contributed by atoms with Gasteiger partial charge in [-0.05, 0) is 25.8 Å². The Kier molecular flexibility index (Phi) is 0.945. The van der Waals surface area contributed by atoms with E-state index in [4.69, 9.17) is 5.73 Å². The van der Waals surface area contributed by atoms with Crippen LogP contribution < -0.4 is 5.73 Å². The number of likely N-dealkylation sites (tertiary alicyclic amines) is 1. The lowest BCUT2D eigenvalue weighted by Crippen LogP contribution is -2.54. The third kappa shape index (κ3) is 0.634. The van der Waals surface area contributed by atoms with E-state index >= 15 is 0 Å². The molecule has 1 heterocycles. The Labute approximate surface area is 56.0 Å². The molecule has 1 unspecified atom stereocenters. The molecule has 1 aliphatic carbocycles. The zero-order valence-corrected chi connectivity index (χ0v) is 5.93. The molecule has 2 nitrogen and oxygen atoms in total. The van der Waals surface area contributed by atoms with Crippen LogP contribution in [0, 0.1) is 5.92 Å². The molecule has 1 saturated carbocycles. The van der Waals surface area contributed by atoms with Crippen molar-refractivity contribution in [1.82, 2.24) is 4.90 Å². The predicted molar refractivity (Wildman–Crippen MR) is 37.1 cm³/mol. The first-order valence-electron chi connectivity index (χ1n) is 3.68. The van der Waals surface area contributed by atoms with Gasteiger partial charge in [0, 0.05) is 18.6 Å². The molecule has 2 aliphatic rings. The molecular weight excluding hydrogens is 112 g/mol. The van der Waals surface area contributed by atoms with E-state index < -0.39 is 0 Å². The smallest absolute Gasteiger partial charge is 0.0324 e. The van der Waals surface area contributed by atoms with E-state index in [1.54, 1.807) is 0 Å². The van der Waals surface area contributed by atoms with E-state index in [2.05, 4.69) is 11.9 Å². The molecule has 2 N–H and O–H groups in total. The van der Waals surface area contributed by atoms with Gasteiger partial charge in [0.1, 0.15) is 0 Å². The maximum absolute atomic E-state index is 6.06. The third-order valence-corrected chi connectivity index (χ3v) is 2.87. The average molecular weight is 126 g/mol. The summed E-state index contributed by atoms with van der Waals surface area (Å²) in [5.41, 5.74) is 6.29. The maximum atomic E-state index is 6.06. The molecule has 2 heteroatoms. The van der Waals surface area contributed by atoms with Gasteiger partial charge in [0.15, 0.2) is 0 Å². The molecule has 1 aliphatic heterocycles. The predicted octanol–water partition coefficient (Wildman–Crippen LogP) is 0.0393. The average Bonchev–Trinajstić information content (AvgIpc) is 1.94. The summed E-state index contributed by atoms with van der Waals surface area (Å²) in [6.07, 6.45) is 2.61. The summed E-state index contributed by atoms with van der Waals surface area (Å²) in [5, 5.41) is 0. The van der Waals surface area contributed by atoms with Crippen molar-refractivity contribution in [2.75, 3.05) is 20.1 Å². The lowest BCUT2D eigenvalue weighted by atomic mass is 9.70. The number of hydrogen-bond acceptors (Lipinski definition) is 2. The summed E-state index contributed by atoms with van der Waals surface area (Å²) < 4.78 is 0. The van der Waals surface area contributed by atoms with Crippen molar-refractivity contribution in [3.63, 3.8) is 0 Å². The summed E-state index contributed by atoms with van der Waals surface area (Å²) in [4.78, 5) is 2.34. The van der Waals surface area contributed by atoms with E-state index in [0.29, 0.717) is 0 Å². The molecule has 0 radical (unpaired) electrons. The molecule has 0 aromatic rings. The van der Waals surface area contributed by atoms with Gasteiger partial charge in [-0.15, -0.1) is 0 Å². The quantitative estimate of drug-likeness (QED) is 0.496. The Morgan fingerprint density at radius 3 is 2.67 bits per heavy atom. The highest BCUT2D eigenvalue weighted by Crippen LogP contribution is 2.41. The van der Waals surface area contributed by atoms with Crippen molar-refractivity contribution in [2.24, 2.45) is 11.7 Å². The van der Waals surface area contributed by atoms with Crippen molar-refractivity contribution in [3.8, 4) is 0 Å².